The Kier molecular flexibility index (Phi) is 2.64. The summed E-state index contributed by atoms with van der Waals surface area (Å²) >= 11 is 1.47. The van der Waals surface area contributed by atoms with Gasteiger partial charge in [0.25, 0.3) is 0 Å². The molecule has 1 saturated heterocycles. The highest BCUT2D eigenvalue weighted by molar-refractivity contribution is 7.13. The van der Waals surface area contributed by atoms with Gasteiger partial charge in [-0.3, -0.25) is 0 Å². The monoisotopic (exact) mass is 213 g/mol. The summed E-state index contributed by atoms with van der Waals surface area (Å²) in [7, 11) is 0. The Bertz CT molecular complexity index is 314. The molecule has 2 N–H and O–H groups in total. The standard InChI is InChI=1S/C8H11N3O2S/c12-7(13)6-5-9-1-3-11(6)8-10-2-4-14-8/h2,4,6,9H,1,3,5H2,(H,12,13). The summed E-state index contributed by atoms with van der Waals surface area (Å²) in [5.74, 6) is -0.799. The SMILES string of the molecule is O=C(O)C1CNCCN1c1nccs1. The van der Waals surface area contributed by atoms with Gasteiger partial charge >= 0.3 is 5.97 Å². The molecule has 1 aromatic rings. The highest BCUT2D eigenvalue weighted by Crippen LogP contribution is 2.20. The molecule has 76 valence electrons. The average molecular weight is 213 g/mol. The topological polar surface area (TPSA) is 65.5 Å². The molecule has 14 heavy (non-hydrogen) atoms. The number of carboxylic acids is 1. The van der Waals surface area contributed by atoms with Crippen LogP contribution in [0, 0.1) is 0 Å². The number of thiazole rings is 1. The predicted octanol–water partition coefficient (Wildman–Crippen LogP) is 0.00590. The second-order valence-electron chi connectivity index (χ2n) is 3.07. The maximum atomic E-state index is 11.0. The Balaban J connectivity index is 2.18. The lowest BCUT2D eigenvalue weighted by Crippen LogP contribution is -2.55. The van der Waals surface area contributed by atoms with Gasteiger partial charge in [0.2, 0.25) is 0 Å². The van der Waals surface area contributed by atoms with Crippen LogP contribution < -0.4 is 10.2 Å². The van der Waals surface area contributed by atoms with E-state index in [4.69, 9.17) is 5.11 Å². The molecule has 6 heteroatoms. The van der Waals surface area contributed by atoms with Crippen LogP contribution in [0.2, 0.25) is 0 Å². The van der Waals surface area contributed by atoms with E-state index in [1.807, 2.05) is 10.3 Å². The van der Waals surface area contributed by atoms with Crippen LogP contribution >= 0.6 is 11.3 Å². The second-order valence-corrected chi connectivity index (χ2v) is 3.94. The summed E-state index contributed by atoms with van der Waals surface area (Å²) in [4.78, 5) is 16.9. The summed E-state index contributed by atoms with van der Waals surface area (Å²) in [6.45, 7) is 1.99. The molecule has 1 aromatic heterocycles. The Labute approximate surface area is 85.4 Å². The first-order valence-electron chi connectivity index (χ1n) is 4.38. The van der Waals surface area contributed by atoms with E-state index in [0.29, 0.717) is 13.1 Å². The first kappa shape index (κ1) is 9.42. The molecule has 0 saturated carbocycles. The van der Waals surface area contributed by atoms with Gasteiger partial charge in [-0.1, -0.05) is 0 Å². The number of nitrogens with zero attached hydrogens (tertiary/aromatic N) is 2. The van der Waals surface area contributed by atoms with Gasteiger partial charge in [0.15, 0.2) is 5.13 Å². The van der Waals surface area contributed by atoms with Gasteiger partial charge in [-0.2, -0.15) is 0 Å². The molecule has 1 atom stereocenters. The summed E-state index contributed by atoms with van der Waals surface area (Å²) in [5, 5.41) is 14.7. The van der Waals surface area contributed by atoms with Crippen molar-refractivity contribution in [3.63, 3.8) is 0 Å². The van der Waals surface area contributed by atoms with Crippen molar-refractivity contribution in [2.45, 2.75) is 6.04 Å². The molecule has 2 rings (SSSR count). The van der Waals surface area contributed by atoms with Crippen LogP contribution in [0.5, 0.6) is 0 Å². The van der Waals surface area contributed by atoms with Crippen molar-refractivity contribution in [3.05, 3.63) is 11.6 Å². The van der Waals surface area contributed by atoms with Crippen molar-refractivity contribution < 1.29 is 9.90 Å². The maximum absolute atomic E-state index is 11.0. The van der Waals surface area contributed by atoms with Crippen molar-refractivity contribution in [3.8, 4) is 0 Å². The van der Waals surface area contributed by atoms with Crippen molar-refractivity contribution in [1.29, 1.82) is 0 Å². The number of hydrogen-bond acceptors (Lipinski definition) is 5. The minimum Gasteiger partial charge on any atom is -0.480 e. The van der Waals surface area contributed by atoms with Gasteiger partial charge in [-0.05, 0) is 0 Å². The third-order valence-electron chi connectivity index (χ3n) is 2.19. The molecule has 0 radical (unpaired) electrons. The van der Waals surface area contributed by atoms with E-state index in [0.717, 1.165) is 11.7 Å². The van der Waals surface area contributed by atoms with E-state index >= 15 is 0 Å². The Morgan fingerprint density at radius 1 is 1.79 bits per heavy atom. The quantitative estimate of drug-likeness (QED) is 0.724. The van der Waals surface area contributed by atoms with Gasteiger partial charge in [0.1, 0.15) is 6.04 Å². The molecule has 1 fully saturated rings. The number of aliphatic carboxylic acids is 1. The van der Waals surface area contributed by atoms with Gasteiger partial charge in [0.05, 0.1) is 0 Å². The number of hydrogen-bond donors (Lipinski definition) is 2. The number of rotatable bonds is 2. The summed E-state index contributed by atoms with van der Waals surface area (Å²) in [6.07, 6.45) is 1.70. The highest BCUT2D eigenvalue weighted by atomic mass is 32.1. The first-order chi connectivity index (χ1) is 6.79. The number of nitrogens with one attached hydrogen (secondary N) is 1. The Hall–Kier alpha value is -1.14. The van der Waals surface area contributed by atoms with E-state index < -0.39 is 12.0 Å². The maximum Gasteiger partial charge on any atom is 0.327 e. The molecular formula is C8H11N3O2S. The van der Waals surface area contributed by atoms with E-state index in [-0.39, 0.29) is 0 Å². The van der Waals surface area contributed by atoms with Gasteiger partial charge in [-0.15, -0.1) is 11.3 Å². The number of anilines is 1. The molecule has 1 unspecified atom stereocenters. The van der Waals surface area contributed by atoms with Crippen LogP contribution in [0.3, 0.4) is 0 Å². The molecule has 1 aliphatic heterocycles. The predicted molar refractivity (Wildman–Crippen MR) is 53.8 cm³/mol. The van der Waals surface area contributed by atoms with Gasteiger partial charge < -0.3 is 15.3 Å². The number of piperazine rings is 1. The van der Waals surface area contributed by atoms with E-state index in [2.05, 4.69) is 10.3 Å². The third-order valence-corrected chi connectivity index (χ3v) is 3.00. The van der Waals surface area contributed by atoms with Crippen molar-refractivity contribution in [1.82, 2.24) is 10.3 Å². The molecule has 0 amide bonds. The summed E-state index contributed by atoms with van der Waals surface area (Å²) in [6, 6.07) is -0.491. The fourth-order valence-corrected chi connectivity index (χ4v) is 2.23. The van der Waals surface area contributed by atoms with Crippen LogP contribution in [-0.4, -0.2) is 41.7 Å². The molecule has 0 bridgehead atoms. The van der Waals surface area contributed by atoms with Gasteiger partial charge in [-0.25, -0.2) is 9.78 Å². The summed E-state index contributed by atoms with van der Waals surface area (Å²) < 4.78 is 0. The number of aromatic nitrogens is 1. The Morgan fingerprint density at radius 3 is 3.29 bits per heavy atom. The van der Waals surface area contributed by atoms with Crippen LogP contribution in [-0.2, 0) is 4.79 Å². The van der Waals surface area contributed by atoms with Crippen LogP contribution in [0.15, 0.2) is 11.6 Å². The fourth-order valence-electron chi connectivity index (χ4n) is 1.51. The zero-order valence-electron chi connectivity index (χ0n) is 7.51. The largest absolute Gasteiger partial charge is 0.480 e. The number of carboxylic acid groups (broad SMARTS) is 1. The van der Waals surface area contributed by atoms with E-state index in [1.165, 1.54) is 11.3 Å². The molecule has 0 aromatic carbocycles. The smallest absolute Gasteiger partial charge is 0.327 e. The third kappa shape index (κ3) is 1.71. The number of carbonyl (C=O) groups is 1. The summed E-state index contributed by atoms with van der Waals surface area (Å²) in [5.41, 5.74) is 0. The minimum absolute atomic E-state index is 0.481. The van der Waals surface area contributed by atoms with Crippen LogP contribution in [0.25, 0.3) is 0 Å². The zero-order valence-corrected chi connectivity index (χ0v) is 8.33. The molecule has 2 heterocycles. The van der Waals surface area contributed by atoms with Gasteiger partial charge in [0, 0.05) is 31.2 Å². The van der Waals surface area contributed by atoms with E-state index in [1.54, 1.807) is 6.20 Å². The minimum atomic E-state index is -0.799. The Morgan fingerprint density at radius 2 is 2.64 bits per heavy atom. The van der Waals surface area contributed by atoms with Crippen LogP contribution in [0.1, 0.15) is 0 Å². The molecule has 1 aliphatic rings. The van der Waals surface area contributed by atoms with Crippen molar-refractivity contribution in [2.24, 2.45) is 0 Å². The fraction of sp³-hybridized carbons (Fsp3) is 0.500. The average Bonchev–Trinajstić information content (AvgIpc) is 2.70. The first-order valence-corrected chi connectivity index (χ1v) is 5.26. The zero-order chi connectivity index (χ0) is 9.97. The molecule has 0 aliphatic carbocycles. The molecular weight excluding hydrogens is 202 g/mol. The van der Waals surface area contributed by atoms with E-state index in [9.17, 15) is 4.79 Å². The van der Waals surface area contributed by atoms with Crippen LogP contribution in [0.4, 0.5) is 5.13 Å². The van der Waals surface area contributed by atoms with Crippen molar-refractivity contribution >= 4 is 22.4 Å². The lowest BCUT2D eigenvalue weighted by Gasteiger charge is -2.33. The molecule has 0 spiro atoms. The highest BCUT2D eigenvalue weighted by Gasteiger charge is 2.29. The molecule has 5 nitrogen and oxygen atoms in total. The normalized spacial score (nSPS) is 22.3. The lowest BCUT2D eigenvalue weighted by atomic mass is 10.2. The lowest BCUT2D eigenvalue weighted by molar-refractivity contribution is -0.138. The van der Waals surface area contributed by atoms with Crippen molar-refractivity contribution in [2.75, 3.05) is 24.5 Å². The second kappa shape index (κ2) is 3.93.